The molecule has 0 heterocycles. The molecule has 0 radical (unpaired) electrons. The van der Waals surface area contributed by atoms with Crippen molar-refractivity contribution in [1.29, 1.82) is 0 Å². The van der Waals surface area contributed by atoms with Crippen LogP contribution in [0.15, 0.2) is 0 Å². The smallest absolute Gasteiger partial charge is 0.306 e. The van der Waals surface area contributed by atoms with Gasteiger partial charge in [-0.25, -0.2) is 0 Å². The predicted molar refractivity (Wildman–Crippen MR) is 280 cm³/mol. The average molecular weight is 920 g/mol. The van der Waals surface area contributed by atoms with E-state index in [0.717, 1.165) is 63.7 Å². The zero-order valence-corrected chi connectivity index (χ0v) is 44.5. The number of ether oxygens (including phenoxy) is 3. The SMILES string of the molecule is CCCCCCCCCCCCCCCCCCCCCC(=O)OC[C@@H](COC(=O)CCCCCCCCCCCCCCC(C)C)OC(=O)CCCCCCCCCCCCCCC. The van der Waals surface area contributed by atoms with E-state index in [4.69, 9.17) is 14.2 Å². The van der Waals surface area contributed by atoms with Gasteiger partial charge in [0.1, 0.15) is 13.2 Å². The summed E-state index contributed by atoms with van der Waals surface area (Å²) in [5.74, 6) is -0.00111. The summed E-state index contributed by atoms with van der Waals surface area (Å²) in [6, 6.07) is 0. The Morgan fingerprint density at radius 3 is 0.754 bits per heavy atom. The van der Waals surface area contributed by atoms with E-state index in [2.05, 4.69) is 27.7 Å². The van der Waals surface area contributed by atoms with Crippen molar-refractivity contribution in [2.24, 2.45) is 5.92 Å². The Kier molecular flexibility index (Phi) is 52.1. The van der Waals surface area contributed by atoms with Gasteiger partial charge in [-0.05, 0) is 25.2 Å². The van der Waals surface area contributed by atoms with Crippen LogP contribution in [-0.4, -0.2) is 37.2 Å². The number of rotatable bonds is 54. The van der Waals surface area contributed by atoms with Crippen LogP contribution in [0.3, 0.4) is 0 Å². The Bertz CT molecular complexity index is 980. The minimum absolute atomic E-state index is 0.0618. The molecule has 6 nitrogen and oxygen atoms in total. The molecule has 0 bridgehead atoms. The second kappa shape index (κ2) is 53.4. The lowest BCUT2D eigenvalue weighted by atomic mass is 10.0. The van der Waals surface area contributed by atoms with Crippen molar-refractivity contribution >= 4 is 17.9 Å². The number of carbonyl (C=O) groups is 3. The molecule has 386 valence electrons. The monoisotopic (exact) mass is 919 g/mol. The van der Waals surface area contributed by atoms with Crippen LogP contribution in [0.25, 0.3) is 0 Å². The minimum Gasteiger partial charge on any atom is -0.462 e. The average Bonchev–Trinajstić information content (AvgIpc) is 3.29. The number of unbranched alkanes of at least 4 members (excludes halogenated alkanes) is 41. The molecule has 0 unspecified atom stereocenters. The van der Waals surface area contributed by atoms with E-state index < -0.39 is 6.10 Å². The van der Waals surface area contributed by atoms with Gasteiger partial charge in [0, 0.05) is 19.3 Å². The van der Waals surface area contributed by atoms with E-state index in [-0.39, 0.29) is 31.1 Å². The van der Waals surface area contributed by atoms with E-state index in [1.54, 1.807) is 0 Å². The Balaban J connectivity index is 4.26. The van der Waals surface area contributed by atoms with Gasteiger partial charge in [0.2, 0.25) is 0 Å². The molecule has 0 aliphatic rings. The lowest BCUT2D eigenvalue weighted by Crippen LogP contribution is -2.30. The van der Waals surface area contributed by atoms with E-state index in [1.165, 1.54) is 231 Å². The highest BCUT2D eigenvalue weighted by Crippen LogP contribution is 2.18. The molecule has 0 saturated heterocycles. The maximum atomic E-state index is 12.8. The molecule has 0 aromatic heterocycles. The molecule has 0 aliphatic heterocycles. The highest BCUT2D eigenvalue weighted by molar-refractivity contribution is 5.71. The third-order valence-electron chi connectivity index (χ3n) is 13.5. The van der Waals surface area contributed by atoms with Crippen molar-refractivity contribution in [3.05, 3.63) is 0 Å². The molecule has 0 aliphatic carbocycles. The van der Waals surface area contributed by atoms with Crippen LogP contribution >= 0.6 is 0 Å². The van der Waals surface area contributed by atoms with Gasteiger partial charge in [-0.3, -0.25) is 14.4 Å². The van der Waals surface area contributed by atoms with E-state index in [0.29, 0.717) is 19.3 Å². The summed E-state index contributed by atoms with van der Waals surface area (Å²) in [5.41, 5.74) is 0. The zero-order valence-electron chi connectivity index (χ0n) is 44.5. The van der Waals surface area contributed by atoms with Gasteiger partial charge in [-0.2, -0.15) is 0 Å². The van der Waals surface area contributed by atoms with E-state index >= 15 is 0 Å². The van der Waals surface area contributed by atoms with Gasteiger partial charge in [-0.15, -0.1) is 0 Å². The fraction of sp³-hybridized carbons (Fsp3) is 0.949. The van der Waals surface area contributed by atoms with Crippen molar-refractivity contribution in [1.82, 2.24) is 0 Å². The van der Waals surface area contributed by atoms with Gasteiger partial charge in [0.25, 0.3) is 0 Å². The number of esters is 3. The van der Waals surface area contributed by atoms with Crippen molar-refractivity contribution < 1.29 is 28.6 Å². The van der Waals surface area contributed by atoms with E-state index in [1.807, 2.05) is 0 Å². The largest absolute Gasteiger partial charge is 0.462 e. The number of hydrogen-bond acceptors (Lipinski definition) is 6. The molecule has 0 amide bonds. The van der Waals surface area contributed by atoms with Crippen LogP contribution < -0.4 is 0 Å². The van der Waals surface area contributed by atoms with Gasteiger partial charge in [0.05, 0.1) is 0 Å². The second-order valence-electron chi connectivity index (χ2n) is 20.8. The zero-order chi connectivity index (χ0) is 47.4. The van der Waals surface area contributed by atoms with Crippen molar-refractivity contribution in [3.63, 3.8) is 0 Å². The third-order valence-corrected chi connectivity index (χ3v) is 13.5. The Morgan fingerprint density at radius 2 is 0.508 bits per heavy atom. The van der Waals surface area contributed by atoms with Crippen LogP contribution in [-0.2, 0) is 28.6 Å². The molecule has 0 aromatic rings. The summed E-state index contributed by atoms with van der Waals surface area (Å²) < 4.78 is 16.9. The summed E-state index contributed by atoms with van der Waals surface area (Å²) >= 11 is 0. The van der Waals surface area contributed by atoms with Gasteiger partial charge >= 0.3 is 17.9 Å². The van der Waals surface area contributed by atoms with E-state index in [9.17, 15) is 14.4 Å². The normalized spacial score (nSPS) is 12.0. The lowest BCUT2D eigenvalue weighted by Gasteiger charge is -2.18. The first-order chi connectivity index (χ1) is 31.9. The summed E-state index contributed by atoms with van der Waals surface area (Å²) in [4.78, 5) is 38.1. The maximum absolute atomic E-state index is 12.8. The minimum atomic E-state index is -0.762. The quantitative estimate of drug-likeness (QED) is 0.0344. The molecular formula is C59H114O6. The summed E-state index contributed by atoms with van der Waals surface area (Å²) in [6.07, 6.45) is 58.1. The van der Waals surface area contributed by atoms with Gasteiger partial charge in [0.15, 0.2) is 6.10 Å². The van der Waals surface area contributed by atoms with Crippen LogP contribution in [0.2, 0.25) is 0 Å². The Morgan fingerprint density at radius 1 is 0.292 bits per heavy atom. The lowest BCUT2D eigenvalue weighted by molar-refractivity contribution is -0.167. The molecule has 6 heteroatoms. The molecule has 0 rings (SSSR count). The van der Waals surface area contributed by atoms with Crippen molar-refractivity contribution in [2.75, 3.05) is 13.2 Å². The standard InChI is InChI=1S/C59H114O6/c1-5-7-9-11-13-15-17-19-20-21-22-23-24-26-30-34-38-42-46-50-57(60)63-53-56(65-59(62)52-48-44-40-36-32-25-18-16-14-12-10-8-6-2)54-64-58(61)51-47-43-39-35-31-28-27-29-33-37-41-45-49-55(3)4/h55-56H,5-54H2,1-4H3/t56-/m0/s1. The summed E-state index contributed by atoms with van der Waals surface area (Å²) in [6.45, 7) is 9.06. The molecule has 1 atom stereocenters. The molecule has 0 aromatic carbocycles. The fourth-order valence-corrected chi connectivity index (χ4v) is 9.10. The molecule has 0 N–H and O–H groups in total. The van der Waals surface area contributed by atoms with Gasteiger partial charge in [-0.1, -0.05) is 297 Å². The Labute approximate surface area is 406 Å². The first-order valence-corrected chi connectivity index (χ1v) is 29.4. The second-order valence-corrected chi connectivity index (χ2v) is 20.8. The molecule has 0 fully saturated rings. The van der Waals surface area contributed by atoms with Gasteiger partial charge < -0.3 is 14.2 Å². The Hall–Kier alpha value is -1.59. The fourth-order valence-electron chi connectivity index (χ4n) is 9.10. The molecule has 65 heavy (non-hydrogen) atoms. The van der Waals surface area contributed by atoms with Crippen LogP contribution in [0, 0.1) is 5.92 Å². The predicted octanol–water partition coefficient (Wildman–Crippen LogP) is 19.4. The highest BCUT2D eigenvalue weighted by atomic mass is 16.6. The van der Waals surface area contributed by atoms with Crippen molar-refractivity contribution in [2.45, 2.75) is 342 Å². The maximum Gasteiger partial charge on any atom is 0.306 e. The molecule has 0 spiro atoms. The third kappa shape index (κ3) is 53.2. The van der Waals surface area contributed by atoms with Crippen LogP contribution in [0.1, 0.15) is 336 Å². The van der Waals surface area contributed by atoms with Crippen LogP contribution in [0.4, 0.5) is 0 Å². The van der Waals surface area contributed by atoms with Crippen LogP contribution in [0.5, 0.6) is 0 Å². The summed E-state index contributed by atoms with van der Waals surface area (Å²) in [7, 11) is 0. The first-order valence-electron chi connectivity index (χ1n) is 29.4. The van der Waals surface area contributed by atoms with Crippen molar-refractivity contribution in [3.8, 4) is 0 Å². The summed E-state index contributed by atoms with van der Waals surface area (Å²) in [5, 5.41) is 0. The number of carbonyl (C=O) groups excluding carboxylic acids is 3. The molecular weight excluding hydrogens is 805 g/mol. The number of hydrogen-bond donors (Lipinski definition) is 0. The first kappa shape index (κ1) is 63.4. The topological polar surface area (TPSA) is 78.9 Å². The highest BCUT2D eigenvalue weighted by Gasteiger charge is 2.19. The molecule has 0 saturated carbocycles.